The summed E-state index contributed by atoms with van der Waals surface area (Å²) in [4.78, 5) is 3.39. The average Bonchev–Trinajstić information content (AvgIpc) is 2.44. The van der Waals surface area contributed by atoms with Gasteiger partial charge in [-0.15, -0.1) is 21.9 Å². The molecule has 0 aromatic heterocycles. The van der Waals surface area contributed by atoms with Crippen LogP contribution in [0.15, 0.2) is 93.5 Å². The minimum Gasteiger partial charge on any atom is -0.486 e. The lowest BCUT2D eigenvalue weighted by Crippen LogP contribution is -2.79. The average molecular weight is 1310 g/mol. The lowest BCUT2D eigenvalue weighted by molar-refractivity contribution is 0.0538. The Hall–Kier alpha value is -4.13. The summed E-state index contributed by atoms with van der Waals surface area (Å²) in [6, 6.07) is 26.8. The van der Waals surface area contributed by atoms with Crippen molar-refractivity contribution in [2.75, 3.05) is 67.1 Å². The number of benzene rings is 7. The van der Waals surface area contributed by atoms with Crippen LogP contribution in [0.2, 0.25) is 40.2 Å². The van der Waals surface area contributed by atoms with Crippen LogP contribution in [0.1, 0.15) is 0 Å². The maximum atomic E-state index is 16.0. The van der Waals surface area contributed by atoms with Crippen LogP contribution in [-0.4, -0.2) is 73.2 Å². The summed E-state index contributed by atoms with van der Waals surface area (Å²) in [5.74, 6) is -29.6. The number of ether oxygens (including phenoxy) is 6. The maximum absolute atomic E-state index is 16.0. The number of halogens is 20. The van der Waals surface area contributed by atoms with Crippen molar-refractivity contribution in [3.63, 3.8) is 0 Å². The second kappa shape index (κ2) is 28.9. The van der Waals surface area contributed by atoms with Crippen LogP contribution < -0.4 is 31.3 Å². The molecule has 0 amide bonds. The molecule has 0 saturated carbocycles. The summed E-state index contributed by atoms with van der Waals surface area (Å²) in [6.45, 7) is 4.17. The third kappa shape index (κ3) is 13.0. The summed E-state index contributed by atoms with van der Waals surface area (Å²) >= 11 is 46.6. The lowest BCUT2D eigenvalue weighted by atomic mass is 9.12. The highest BCUT2D eigenvalue weighted by molar-refractivity contribution is 7.97. The molecule has 0 unspecified atom stereocenters. The normalized spacial score (nSPS) is 11.6. The second-order valence-electron chi connectivity index (χ2n) is 16.2. The zero-order chi connectivity index (χ0) is 58.9. The van der Waals surface area contributed by atoms with E-state index in [0.29, 0.717) is 52.9 Å². The van der Waals surface area contributed by atoms with Gasteiger partial charge in [-0.2, -0.15) is 0 Å². The van der Waals surface area contributed by atoms with Gasteiger partial charge in [-0.05, 0) is 36.4 Å². The van der Waals surface area contributed by atoms with Gasteiger partial charge in [-0.1, -0.05) is 135 Å². The first-order chi connectivity index (χ1) is 38.0. The summed E-state index contributed by atoms with van der Waals surface area (Å²) in [5.41, 5.74) is -8.47. The molecule has 428 valence electrons. The third-order valence-corrected chi connectivity index (χ3v) is 17.3. The fraction of sp³-hybridized carbons (Fsp3) is 0.192. The molecular weight excluding hydrogens is 1280 g/mol. The summed E-state index contributed by atoms with van der Waals surface area (Å²) in [7, 11) is 2.90. The van der Waals surface area contributed by atoms with Gasteiger partial charge in [0.2, 0.25) is 9.79 Å². The molecular formula is C52H35BCl8F12O6S. The smallest absolute Gasteiger partial charge is 0.208 e. The predicted octanol–water partition coefficient (Wildman–Crippen LogP) is 14.8. The predicted molar refractivity (Wildman–Crippen MR) is 288 cm³/mol. The van der Waals surface area contributed by atoms with Crippen LogP contribution in [0.25, 0.3) is 0 Å². The molecule has 0 aliphatic heterocycles. The first kappa shape index (κ1) is 65.0. The minimum absolute atomic E-state index is 0.430. The molecule has 0 aliphatic carbocycles. The van der Waals surface area contributed by atoms with Crippen LogP contribution in [0.3, 0.4) is 0 Å². The van der Waals surface area contributed by atoms with Crippen molar-refractivity contribution in [2.45, 2.75) is 14.7 Å². The Morgan fingerprint density at radius 1 is 0.325 bits per heavy atom. The van der Waals surface area contributed by atoms with E-state index in [2.05, 4.69) is 36.4 Å². The van der Waals surface area contributed by atoms with E-state index in [-0.39, 0.29) is 0 Å². The van der Waals surface area contributed by atoms with Crippen molar-refractivity contribution in [3.05, 3.63) is 189 Å². The number of hydrogen-bond donors (Lipinski definition) is 0. The van der Waals surface area contributed by atoms with Crippen LogP contribution in [0, 0.1) is 69.8 Å². The summed E-state index contributed by atoms with van der Waals surface area (Å²) in [6.07, 6.45) is -5.62. The second-order valence-corrected chi connectivity index (χ2v) is 21.2. The lowest BCUT2D eigenvalue weighted by Gasteiger charge is -2.46. The van der Waals surface area contributed by atoms with Gasteiger partial charge >= 0.3 is 0 Å². The molecule has 0 saturated heterocycles. The quantitative estimate of drug-likeness (QED) is 0.0178. The number of methoxy groups -OCH3 is 2. The molecule has 0 atom stereocenters. The van der Waals surface area contributed by atoms with Gasteiger partial charge in [0.15, 0.2) is 62.9 Å². The molecule has 0 fully saturated rings. The maximum Gasteiger partial charge on any atom is 0.208 e. The molecule has 28 heteroatoms. The molecule has 7 rings (SSSR count). The van der Waals surface area contributed by atoms with Crippen molar-refractivity contribution >= 4 is 132 Å². The Morgan fingerprint density at radius 2 is 0.600 bits per heavy atom. The van der Waals surface area contributed by atoms with Gasteiger partial charge in [0.25, 0.3) is 0 Å². The van der Waals surface area contributed by atoms with Crippen molar-refractivity contribution in [2.24, 2.45) is 0 Å². The summed E-state index contributed by atoms with van der Waals surface area (Å²) < 4.78 is 216. The molecule has 80 heavy (non-hydrogen) atoms. The van der Waals surface area contributed by atoms with Crippen LogP contribution in [0.5, 0.6) is 11.5 Å². The van der Waals surface area contributed by atoms with E-state index >= 15 is 35.1 Å². The van der Waals surface area contributed by atoms with Crippen molar-refractivity contribution in [1.82, 2.24) is 0 Å². The fourth-order valence-electron chi connectivity index (χ4n) is 8.19. The van der Waals surface area contributed by atoms with E-state index in [0.717, 1.165) is 21.3 Å². The van der Waals surface area contributed by atoms with Gasteiger partial charge in [-0.3, -0.25) is 0 Å². The Balaban J connectivity index is 0.000000266. The Bertz CT molecular complexity index is 2940. The van der Waals surface area contributed by atoms with Gasteiger partial charge in [0.05, 0.1) is 59.7 Å². The SMILES string of the molecule is COCCOCCOc1ccccc1[S+](c1ccccc1)c1ccccc1OCCOCCOC.Fc1c(F)c(Cl)c(Cl)c([B-](c2c(F)c(F)c(F)c(Cl)c2Cl)(c2c(F)c(F)c(F)c(Cl)c2Cl)c2c(F)c(F)c(F)c(Cl)c2Cl)c1F. The van der Waals surface area contributed by atoms with E-state index in [1.807, 2.05) is 42.5 Å². The van der Waals surface area contributed by atoms with Gasteiger partial charge in [-0.25, -0.2) is 52.7 Å². The highest BCUT2D eigenvalue weighted by Gasteiger charge is 2.50. The molecule has 0 N–H and O–H groups in total. The first-order valence-electron chi connectivity index (χ1n) is 22.6. The van der Waals surface area contributed by atoms with E-state index < -0.39 is 149 Å². The molecule has 0 heterocycles. The largest absolute Gasteiger partial charge is 0.486 e. The standard InChI is InChI=1S/C28H35O6S.C24BCl8F12/c1-29-16-18-31-20-22-33-25-12-6-8-14-27(25)35(24-10-4-3-5-11-24)28-15-9-7-13-26(28)34-23-21-32-19-17-30-2;26-5-1(13(34)21(42)17(38)9(5)30)25(2-6(27)10(31)18(39)22(43)14(2)35,3-7(28)11(32)19(40)23(44)15(3)36)4-8(29)12(33)20(41)24(45)16(4)37/h3-15H,16-23H2,1-2H3;/q+1;-1. The highest BCUT2D eigenvalue weighted by Crippen LogP contribution is 2.42. The third-order valence-electron chi connectivity index (χ3n) is 11.7. The monoisotopic (exact) mass is 1310 g/mol. The number of para-hydroxylation sites is 2. The van der Waals surface area contributed by atoms with Crippen LogP contribution >= 0.6 is 92.8 Å². The summed E-state index contributed by atoms with van der Waals surface area (Å²) in [5, 5.41) is -13.9. The van der Waals surface area contributed by atoms with E-state index in [1.54, 1.807) is 14.2 Å². The highest BCUT2D eigenvalue weighted by atomic mass is 35.5. The van der Waals surface area contributed by atoms with E-state index in [1.165, 1.54) is 4.90 Å². The zero-order valence-electron chi connectivity index (χ0n) is 40.7. The zero-order valence-corrected chi connectivity index (χ0v) is 47.5. The van der Waals surface area contributed by atoms with E-state index in [9.17, 15) is 17.6 Å². The molecule has 0 bridgehead atoms. The molecule has 0 aliphatic rings. The van der Waals surface area contributed by atoms with Gasteiger partial charge in [0, 0.05) is 34.3 Å². The van der Waals surface area contributed by atoms with Crippen LogP contribution in [0.4, 0.5) is 52.7 Å². The first-order valence-corrected chi connectivity index (χ1v) is 26.9. The molecule has 0 radical (unpaired) electrons. The van der Waals surface area contributed by atoms with Crippen LogP contribution in [-0.2, 0) is 29.8 Å². The Labute approximate surface area is 491 Å². The molecule has 7 aromatic carbocycles. The topological polar surface area (TPSA) is 55.4 Å². The van der Waals surface area contributed by atoms with E-state index in [4.69, 9.17) is 121 Å². The molecule has 0 spiro atoms. The Kier molecular flexibility index (Phi) is 23.5. The van der Waals surface area contributed by atoms with Crippen molar-refractivity contribution in [3.8, 4) is 11.5 Å². The Morgan fingerprint density at radius 3 is 0.900 bits per heavy atom. The molecule has 7 aromatic rings. The number of rotatable bonds is 21. The fourth-order valence-corrected chi connectivity index (χ4v) is 12.5. The van der Waals surface area contributed by atoms with Crippen molar-refractivity contribution in [1.29, 1.82) is 0 Å². The van der Waals surface area contributed by atoms with Gasteiger partial charge in [0.1, 0.15) is 53.5 Å². The minimum atomic E-state index is -5.62. The van der Waals surface area contributed by atoms with Gasteiger partial charge < -0.3 is 28.4 Å². The number of hydrogen-bond acceptors (Lipinski definition) is 6. The van der Waals surface area contributed by atoms with Crippen molar-refractivity contribution < 1.29 is 81.1 Å². The molecule has 6 nitrogen and oxygen atoms in total.